The first-order chi connectivity index (χ1) is 14.2. The van der Waals surface area contributed by atoms with Crippen LogP contribution >= 0.6 is 27.3 Å². The van der Waals surface area contributed by atoms with Crippen molar-refractivity contribution >= 4 is 55.8 Å². The molecule has 1 aliphatic rings. The smallest absolute Gasteiger partial charge is 0.409 e. The summed E-state index contributed by atoms with van der Waals surface area (Å²) in [4.78, 5) is 29.5. The van der Waals surface area contributed by atoms with Gasteiger partial charge in [-0.25, -0.2) is 23.2 Å². The molecule has 1 aliphatic heterocycles. The van der Waals surface area contributed by atoms with Crippen molar-refractivity contribution in [3.8, 4) is 0 Å². The number of thiazole rings is 1. The lowest BCUT2D eigenvalue weighted by Gasteiger charge is -2.25. The molecule has 2 amide bonds. The van der Waals surface area contributed by atoms with Gasteiger partial charge >= 0.3 is 6.09 Å². The predicted octanol–water partition coefficient (Wildman–Crippen LogP) is 3.06. The Bertz CT molecular complexity index is 924. The highest BCUT2D eigenvalue weighted by molar-refractivity contribution is 9.11. The highest BCUT2D eigenvalue weighted by Gasteiger charge is 2.26. The van der Waals surface area contributed by atoms with Gasteiger partial charge in [0.15, 0.2) is 15.4 Å². The monoisotopic (exact) mass is 508 g/mol. The van der Waals surface area contributed by atoms with E-state index in [1.165, 1.54) is 6.20 Å². The Morgan fingerprint density at radius 2 is 2.10 bits per heavy atom. The highest BCUT2D eigenvalue weighted by Crippen LogP contribution is 2.32. The second-order valence-electron chi connectivity index (χ2n) is 6.56. The van der Waals surface area contributed by atoms with Crippen LogP contribution in [-0.4, -0.2) is 62.6 Å². The van der Waals surface area contributed by atoms with Gasteiger partial charge in [0.2, 0.25) is 0 Å². The number of aromatic nitrogens is 3. The summed E-state index contributed by atoms with van der Waals surface area (Å²) in [5.41, 5.74) is 0.0376. The van der Waals surface area contributed by atoms with Gasteiger partial charge in [-0.2, -0.15) is 5.10 Å². The van der Waals surface area contributed by atoms with Crippen molar-refractivity contribution in [1.29, 1.82) is 0 Å². The lowest BCUT2D eigenvalue weighted by molar-refractivity contribution is 0.102. The number of amides is 2. The lowest BCUT2D eigenvalue weighted by atomic mass is 10.2. The molecular weight excluding hydrogens is 490 g/mol. The van der Waals surface area contributed by atoms with E-state index in [1.54, 1.807) is 4.90 Å². The Balaban J connectivity index is 1.89. The number of aliphatic hydroxyl groups excluding tert-OH is 1. The fourth-order valence-electron chi connectivity index (χ4n) is 3.17. The number of carbonyl (C=O) groups is 2. The van der Waals surface area contributed by atoms with E-state index in [2.05, 4.69) is 36.6 Å². The van der Waals surface area contributed by atoms with E-state index >= 15 is 0 Å². The molecule has 1 saturated heterocycles. The predicted molar refractivity (Wildman–Crippen MR) is 110 cm³/mol. The Labute approximate surface area is 182 Å². The van der Waals surface area contributed by atoms with Crippen molar-refractivity contribution in [2.75, 3.05) is 28.6 Å². The van der Waals surface area contributed by atoms with E-state index in [4.69, 9.17) is 5.11 Å². The van der Waals surface area contributed by atoms with Crippen LogP contribution < -0.4 is 15.5 Å². The van der Waals surface area contributed by atoms with Crippen LogP contribution in [0.25, 0.3) is 0 Å². The van der Waals surface area contributed by atoms with Crippen LogP contribution in [0.4, 0.5) is 30.1 Å². The standard InChI is InChI=1S/C16H19BrF2N6O4S/c17-15-22-11(13(30-15)23-16(28)29)12(27)21-9-6-20-25(7-10(18)19)14(9)24-4-1-2-8(26)3-5-24/h6,8,10,23,26H,1-5,7H2,(H,21,27)(H,28,29). The zero-order chi connectivity index (χ0) is 21.8. The van der Waals surface area contributed by atoms with Crippen LogP contribution in [0.1, 0.15) is 29.8 Å². The van der Waals surface area contributed by atoms with Crippen LogP contribution in [-0.2, 0) is 6.54 Å². The van der Waals surface area contributed by atoms with E-state index in [0.29, 0.717) is 42.1 Å². The Kier molecular flexibility index (Phi) is 7.20. The molecule has 30 heavy (non-hydrogen) atoms. The van der Waals surface area contributed by atoms with E-state index in [-0.39, 0.29) is 16.4 Å². The number of carbonyl (C=O) groups excluding carboxylic acids is 1. The fraction of sp³-hybridized carbons (Fsp3) is 0.500. The summed E-state index contributed by atoms with van der Waals surface area (Å²) in [6, 6.07) is 0. The number of hydrogen-bond acceptors (Lipinski definition) is 7. The number of nitrogens with one attached hydrogen (secondary N) is 2. The van der Waals surface area contributed by atoms with E-state index in [0.717, 1.165) is 16.0 Å². The average molecular weight is 509 g/mol. The summed E-state index contributed by atoms with van der Waals surface area (Å²) in [7, 11) is 0. The summed E-state index contributed by atoms with van der Waals surface area (Å²) in [5, 5.41) is 27.5. The molecule has 164 valence electrons. The maximum absolute atomic E-state index is 13.0. The number of rotatable bonds is 6. The van der Waals surface area contributed by atoms with Gasteiger partial charge in [-0.05, 0) is 35.2 Å². The second kappa shape index (κ2) is 9.66. The largest absolute Gasteiger partial charge is 0.465 e. The number of halogens is 3. The molecule has 3 heterocycles. The zero-order valence-corrected chi connectivity index (χ0v) is 17.9. The third kappa shape index (κ3) is 5.43. The normalized spacial score (nSPS) is 17.1. The minimum Gasteiger partial charge on any atom is -0.465 e. The summed E-state index contributed by atoms with van der Waals surface area (Å²) >= 11 is 4.04. The van der Waals surface area contributed by atoms with Crippen LogP contribution in [0, 0.1) is 0 Å². The first-order valence-corrected chi connectivity index (χ1v) is 10.6. The third-order valence-corrected chi connectivity index (χ3v) is 5.83. The number of anilines is 3. The average Bonchev–Trinajstić information content (AvgIpc) is 3.12. The third-order valence-electron chi connectivity index (χ3n) is 4.40. The van der Waals surface area contributed by atoms with E-state index < -0.39 is 31.1 Å². The van der Waals surface area contributed by atoms with Crippen molar-refractivity contribution in [1.82, 2.24) is 14.8 Å². The molecule has 2 aromatic rings. The quantitative estimate of drug-likeness (QED) is 0.471. The minimum atomic E-state index is -2.65. The second-order valence-corrected chi connectivity index (χ2v) is 8.83. The van der Waals surface area contributed by atoms with Crippen molar-refractivity contribution in [3.63, 3.8) is 0 Å². The molecule has 1 unspecified atom stereocenters. The molecule has 10 nitrogen and oxygen atoms in total. The Morgan fingerprint density at radius 3 is 2.80 bits per heavy atom. The van der Waals surface area contributed by atoms with E-state index in [9.17, 15) is 23.5 Å². The zero-order valence-electron chi connectivity index (χ0n) is 15.5. The van der Waals surface area contributed by atoms with Crippen LogP contribution in [0.3, 0.4) is 0 Å². The number of alkyl halides is 2. The maximum Gasteiger partial charge on any atom is 0.409 e. The molecule has 1 atom stereocenters. The molecule has 2 aromatic heterocycles. The molecule has 1 fully saturated rings. The summed E-state index contributed by atoms with van der Waals surface area (Å²) < 4.78 is 27.5. The molecule has 0 aliphatic carbocycles. The summed E-state index contributed by atoms with van der Waals surface area (Å²) in [5.74, 6) is -0.409. The minimum absolute atomic E-state index is 0.0197. The van der Waals surface area contributed by atoms with Crippen LogP contribution in [0.2, 0.25) is 0 Å². The van der Waals surface area contributed by atoms with Gasteiger partial charge in [0, 0.05) is 13.1 Å². The Morgan fingerprint density at radius 1 is 1.33 bits per heavy atom. The number of aliphatic hydroxyl groups is 1. The molecule has 0 saturated carbocycles. The molecule has 0 aromatic carbocycles. The van der Waals surface area contributed by atoms with Crippen molar-refractivity contribution in [2.24, 2.45) is 0 Å². The van der Waals surface area contributed by atoms with Gasteiger partial charge in [0.25, 0.3) is 12.3 Å². The van der Waals surface area contributed by atoms with Crippen LogP contribution in [0.15, 0.2) is 10.1 Å². The number of nitrogens with zero attached hydrogens (tertiary/aromatic N) is 4. The molecule has 4 N–H and O–H groups in total. The Hall–Kier alpha value is -2.32. The maximum atomic E-state index is 13.0. The first-order valence-electron chi connectivity index (χ1n) is 8.99. The fourth-order valence-corrected chi connectivity index (χ4v) is 4.51. The van der Waals surface area contributed by atoms with Gasteiger partial charge in [0.05, 0.1) is 12.3 Å². The topological polar surface area (TPSA) is 133 Å². The van der Waals surface area contributed by atoms with Gasteiger partial charge < -0.3 is 20.4 Å². The summed E-state index contributed by atoms with van der Waals surface area (Å²) in [6.07, 6.45) is -1.50. The molecule has 0 bridgehead atoms. The molecule has 3 rings (SSSR count). The van der Waals surface area contributed by atoms with Crippen molar-refractivity contribution < 1.29 is 28.6 Å². The van der Waals surface area contributed by atoms with Gasteiger partial charge in [-0.15, -0.1) is 0 Å². The SMILES string of the molecule is O=C(O)Nc1sc(Br)nc1C(=O)Nc1cnn(CC(F)F)c1N1CCCC(O)CC1. The molecule has 0 radical (unpaired) electrons. The summed E-state index contributed by atoms with van der Waals surface area (Å²) in [6.45, 7) is 0.258. The van der Waals surface area contributed by atoms with Gasteiger partial charge in [-0.1, -0.05) is 11.3 Å². The lowest BCUT2D eigenvalue weighted by Crippen LogP contribution is -2.29. The number of carboxylic acid groups (broad SMARTS) is 1. The van der Waals surface area contributed by atoms with Gasteiger partial charge in [0.1, 0.15) is 17.2 Å². The highest BCUT2D eigenvalue weighted by atomic mass is 79.9. The molecule has 0 spiro atoms. The molecular formula is C16H19BrF2N6O4S. The number of hydrogen-bond donors (Lipinski definition) is 4. The van der Waals surface area contributed by atoms with Crippen molar-refractivity contribution in [2.45, 2.75) is 38.3 Å². The molecule has 14 heteroatoms. The van der Waals surface area contributed by atoms with Crippen molar-refractivity contribution in [3.05, 3.63) is 15.8 Å². The van der Waals surface area contributed by atoms with Gasteiger partial charge in [-0.3, -0.25) is 10.1 Å². The van der Waals surface area contributed by atoms with Crippen LogP contribution in [0.5, 0.6) is 0 Å². The van der Waals surface area contributed by atoms with E-state index in [1.807, 2.05) is 0 Å². The first kappa shape index (κ1) is 22.4.